The minimum absolute atomic E-state index is 0.0726. The quantitative estimate of drug-likeness (QED) is 0.641. The lowest BCUT2D eigenvalue weighted by Crippen LogP contribution is -2.28. The van der Waals surface area contributed by atoms with E-state index < -0.39 is 10.0 Å². The topological polar surface area (TPSA) is 75.7 Å². The molecule has 0 fully saturated rings. The van der Waals surface area contributed by atoms with Gasteiger partial charge in [-0.25, -0.2) is 8.42 Å². The number of anilines is 1. The van der Waals surface area contributed by atoms with Gasteiger partial charge in [-0.15, -0.1) is 0 Å². The van der Waals surface area contributed by atoms with Crippen LogP contribution in [0.1, 0.15) is 42.5 Å². The van der Waals surface area contributed by atoms with E-state index in [0.717, 1.165) is 19.3 Å². The molecule has 0 heterocycles. The average Bonchev–Trinajstić information content (AvgIpc) is 2.79. The number of amides is 1. The summed E-state index contributed by atoms with van der Waals surface area (Å²) in [5.74, 6) is 0.378. The molecule has 0 radical (unpaired) electrons. The van der Waals surface area contributed by atoms with Crippen LogP contribution in [-0.2, 0) is 10.0 Å². The summed E-state index contributed by atoms with van der Waals surface area (Å²) in [7, 11) is -0.760. The van der Waals surface area contributed by atoms with Gasteiger partial charge in [-0.2, -0.15) is 0 Å². The Bertz CT molecular complexity index is 1010. The van der Waals surface area contributed by atoms with Gasteiger partial charge >= 0.3 is 0 Å². The number of sulfonamides is 1. The summed E-state index contributed by atoms with van der Waals surface area (Å²) in [5, 5.41) is 2.90. The van der Waals surface area contributed by atoms with Crippen molar-refractivity contribution >= 4 is 21.6 Å². The zero-order valence-corrected chi connectivity index (χ0v) is 18.2. The maximum atomic E-state index is 13.0. The Morgan fingerprint density at radius 3 is 2.57 bits per heavy atom. The second-order valence-electron chi connectivity index (χ2n) is 7.31. The SMILES string of the molecule is COc1ccc(N(C)S(=O)(=O)c2cccc(C(=O)NCCC3=CCCCC3)c2)cc1. The van der Waals surface area contributed by atoms with Crippen molar-refractivity contribution in [2.45, 2.75) is 37.0 Å². The van der Waals surface area contributed by atoms with E-state index in [1.165, 1.54) is 41.9 Å². The fourth-order valence-corrected chi connectivity index (χ4v) is 4.70. The first-order valence-corrected chi connectivity index (χ1v) is 11.5. The zero-order valence-electron chi connectivity index (χ0n) is 17.4. The largest absolute Gasteiger partial charge is 0.497 e. The molecule has 2 aromatic carbocycles. The fraction of sp³-hybridized carbons (Fsp3) is 0.348. The molecule has 1 aliphatic carbocycles. The summed E-state index contributed by atoms with van der Waals surface area (Å²) < 4.78 is 32.4. The lowest BCUT2D eigenvalue weighted by atomic mass is 9.97. The third kappa shape index (κ3) is 5.21. The highest BCUT2D eigenvalue weighted by Crippen LogP contribution is 2.25. The van der Waals surface area contributed by atoms with Gasteiger partial charge in [0, 0.05) is 19.2 Å². The van der Waals surface area contributed by atoms with Crippen molar-refractivity contribution in [3.63, 3.8) is 0 Å². The second-order valence-corrected chi connectivity index (χ2v) is 9.28. The van der Waals surface area contributed by atoms with Crippen LogP contribution in [-0.4, -0.2) is 35.0 Å². The Morgan fingerprint density at radius 1 is 1.13 bits per heavy atom. The number of hydrogen-bond acceptors (Lipinski definition) is 4. The van der Waals surface area contributed by atoms with Crippen molar-refractivity contribution in [1.29, 1.82) is 0 Å². The maximum absolute atomic E-state index is 13.0. The molecule has 2 aromatic rings. The van der Waals surface area contributed by atoms with E-state index in [4.69, 9.17) is 4.74 Å². The van der Waals surface area contributed by atoms with E-state index in [9.17, 15) is 13.2 Å². The number of benzene rings is 2. The number of ether oxygens (including phenoxy) is 1. The Hall–Kier alpha value is -2.80. The van der Waals surface area contributed by atoms with Crippen LogP contribution in [0, 0.1) is 0 Å². The summed E-state index contributed by atoms with van der Waals surface area (Å²) in [5.41, 5.74) is 2.22. The van der Waals surface area contributed by atoms with Crippen LogP contribution in [0.4, 0.5) is 5.69 Å². The number of nitrogens with zero attached hydrogens (tertiary/aromatic N) is 1. The minimum Gasteiger partial charge on any atom is -0.497 e. The van der Waals surface area contributed by atoms with Crippen LogP contribution in [0.2, 0.25) is 0 Å². The normalized spacial score (nSPS) is 14.0. The predicted molar refractivity (Wildman–Crippen MR) is 119 cm³/mol. The van der Waals surface area contributed by atoms with Crippen molar-refractivity contribution < 1.29 is 17.9 Å². The molecule has 0 saturated heterocycles. The highest BCUT2D eigenvalue weighted by atomic mass is 32.2. The van der Waals surface area contributed by atoms with Crippen LogP contribution in [0.3, 0.4) is 0 Å². The molecule has 0 bridgehead atoms. The van der Waals surface area contributed by atoms with Gasteiger partial charge in [-0.3, -0.25) is 9.10 Å². The maximum Gasteiger partial charge on any atom is 0.264 e. The molecule has 0 atom stereocenters. The molecule has 0 saturated carbocycles. The van der Waals surface area contributed by atoms with Gasteiger partial charge < -0.3 is 10.1 Å². The average molecular weight is 429 g/mol. The van der Waals surface area contributed by atoms with Crippen molar-refractivity contribution in [3.8, 4) is 5.75 Å². The molecule has 30 heavy (non-hydrogen) atoms. The molecule has 1 amide bonds. The second kappa shape index (κ2) is 9.80. The summed E-state index contributed by atoms with van der Waals surface area (Å²) >= 11 is 0. The summed E-state index contributed by atoms with van der Waals surface area (Å²) in [6.45, 7) is 0.549. The fourth-order valence-electron chi connectivity index (χ4n) is 3.46. The smallest absolute Gasteiger partial charge is 0.264 e. The third-order valence-corrected chi connectivity index (χ3v) is 7.09. The van der Waals surface area contributed by atoms with Gasteiger partial charge in [-0.05, 0) is 74.6 Å². The molecule has 0 spiro atoms. The monoisotopic (exact) mass is 428 g/mol. The van der Waals surface area contributed by atoms with Crippen LogP contribution < -0.4 is 14.4 Å². The van der Waals surface area contributed by atoms with E-state index in [-0.39, 0.29) is 10.8 Å². The van der Waals surface area contributed by atoms with E-state index >= 15 is 0 Å². The molecule has 6 nitrogen and oxygen atoms in total. The lowest BCUT2D eigenvalue weighted by molar-refractivity contribution is 0.0954. The summed E-state index contributed by atoms with van der Waals surface area (Å²) in [4.78, 5) is 12.6. The Morgan fingerprint density at radius 2 is 1.90 bits per heavy atom. The zero-order chi connectivity index (χ0) is 21.6. The van der Waals surface area contributed by atoms with Crippen LogP contribution in [0.25, 0.3) is 0 Å². The number of nitrogens with one attached hydrogen (secondary N) is 1. The van der Waals surface area contributed by atoms with Gasteiger partial charge in [0.15, 0.2) is 0 Å². The Labute approximate surface area is 178 Å². The first-order chi connectivity index (χ1) is 14.4. The molecule has 7 heteroatoms. The highest BCUT2D eigenvalue weighted by molar-refractivity contribution is 7.92. The first kappa shape index (κ1) is 21.9. The van der Waals surface area contributed by atoms with E-state index in [2.05, 4.69) is 11.4 Å². The highest BCUT2D eigenvalue weighted by Gasteiger charge is 2.22. The Balaban J connectivity index is 1.69. The molecule has 0 unspecified atom stereocenters. The first-order valence-electron chi connectivity index (χ1n) is 10.1. The van der Waals surface area contributed by atoms with Crippen molar-refractivity contribution in [3.05, 3.63) is 65.7 Å². The molecule has 160 valence electrons. The molecule has 3 rings (SSSR count). The number of carbonyl (C=O) groups is 1. The molecule has 0 aromatic heterocycles. The van der Waals surface area contributed by atoms with Gasteiger partial charge in [0.2, 0.25) is 0 Å². The van der Waals surface area contributed by atoms with E-state index in [0.29, 0.717) is 23.5 Å². The number of rotatable bonds is 8. The van der Waals surface area contributed by atoms with Gasteiger partial charge in [-0.1, -0.05) is 17.7 Å². The van der Waals surface area contributed by atoms with Crippen molar-refractivity contribution in [2.24, 2.45) is 0 Å². The van der Waals surface area contributed by atoms with Gasteiger partial charge in [0.25, 0.3) is 15.9 Å². The number of carbonyl (C=O) groups excluding carboxylic acids is 1. The molecular formula is C23H28N2O4S. The van der Waals surface area contributed by atoms with Crippen molar-refractivity contribution in [1.82, 2.24) is 5.32 Å². The van der Waals surface area contributed by atoms with Crippen LogP contribution in [0.5, 0.6) is 5.75 Å². The van der Waals surface area contributed by atoms with Gasteiger partial charge in [0.1, 0.15) is 5.75 Å². The van der Waals surface area contributed by atoms with Gasteiger partial charge in [0.05, 0.1) is 17.7 Å². The minimum atomic E-state index is -3.80. The third-order valence-electron chi connectivity index (χ3n) is 5.31. The standard InChI is InChI=1S/C23H28N2O4S/c1-25(20-11-13-21(29-2)14-12-20)30(27,28)22-10-6-9-19(17-22)23(26)24-16-15-18-7-4-3-5-8-18/h6-7,9-14,17H,3-5,8,15-16H2,1-2H3,(H,24,26). The molecule has 1 N–H and O–H groups in total. The van der Waals surface area contributed by atoms with Crippen molar-refractivity contribution in [2.75, 3.05) is 25.0 Å². The number of methoxy groups -OCH3 is 1. The predicted octanol–water partition coefficient (Wildman–Crippen LogP) is 4.14. The van der Waals surface area contributed by atoms with E-state index in [1.807, 2.05) is 0 Å². The van der Waals surface area contributed by atoms with Crippen LogP contribution >= 0.6 is 0 Å². The lowest BCUT2D eigenvalue weighted by Gasteiger charge is -2.20. The molecular weight excluding hydrogens is 400 g/mol. The molecule has 1 aliphatic rings. The van der Waals surface area contributed by atoms with E-state index in [1.54, 1.807) is 43.5 Å². The Kier molecular flexibility index (Phi) is 7.15. The summed E-state index contributed by atoms with van der Waals surface area (Å²) in [6.07, 6.45) is 7.76. The number of hydrogen-bond donors (Lipinski definition) is 1. The number of allylic oxidation sites excluding steroid dienone is 1. The summed E-state index contributed by atoms with van der Waals surface area (Å²) in [6, 6.07) is 12.9. The molecule has 0 aliphatic heterocycles. The van der Waals surface area contributed by atoms with Crippen LogP contribution in [0.15, 0.2) is 65.1 Å².